The van der Waals surface area contributed by atoms with Gasteiger partial charge in [-0.3, -0.25) is 14.7 Å². The van der Waals surface area contributed by atoms with Gasteiger partial charge in [-0.15, -0.1) is 0 Å². The predicted octanol–water partition coefficient (Wildman–Crippen LogP) is 3.29. The monoisotopic (exact) mass is 353 g/mol. The number of pyridine rings is 1. The van der Waals surface area contributed by atoms with E-state index in [0.29, 0.717) is 12.1 Å². The molecule has 138 valence electrons. The number of amides is 1. The first-order valence-electron chi connectivity index (χ1n) is 9.23. The molecule has 1 N–H and O–H groups in total. The molecule has 26 heavy (non-hydrogen) atoms. The van der Waals surface area contributed by atoms with Crippen molar-refractivity contribution in [2.75, 3.05) is 26.7 Å². The van der Waals surface area contributed by atoms with Crippen molar-refractivity contribution in [1.29, 1.82) is 0 Å². The van der Waals surface area contributed by atoms with Gasteiger partial charge in [-0.25, -0.2) is 0 Å². The number of hydrogen-bond donors (Lipinski definition) is 1. The third-order valence-electron chi connectivity index (χ3n) is 5.16. The Bertz CT molecular complexity index is 695. The van der Waals surface area contributed by atoms with Gasteiger partial charge in [0.05, 0.1) is 13.2 Å². The first kappa shape index (κ1) is 18.4. The van der Waals surface area contributed by atoms with Crippen LogP contribution in [0.2, 0.25) is 0 Å². The summed E-state index contributed by atoms with van der Waals surface area (Å²) in [5.41, 5.74) is 1.84. The highest BCUT2D eigenvalue weighted by Gasteiger charge is 2.25. The summed E-state index contributed by atoms with van der Waals surface area (Å²) < 4.78 is 5.28. The molecule has 3 rings (SSSR count). The van der Waals surface area contributed by atoms with Crippen molar-refractivity contribution >= 4 is 5.91 Å². The van der Waals surface area contributed by atoms with Crippen LogP contribution < -0.4 is 10.1 Å². The Morgan fingerprint density at radius 1 is 1.19 bits per heavy atom. The summed E-state index contributed by atoms with van der Waals surface area (Å²) in [7, 11) is 1.67. The molecule has 5 heteroatoms. The number of hydrogen-bond acceptors (Lipinski definition) is 4. The second kappa shape index (κ2) is 8.81. The molecule has 1 fully saturated rings. The number of piperidine rings is 1. The topological polar surface area (TPSA) is 54.5 Å². The first-order chi connectivity index (χ1) is 12.7. The van der Waals surface area contributed by atoms with Crippen LogP contribution >= 0.6 is 0 Å². The summed E-state index contributed by atoms with van der Waals surface area (Å²) in [5, 5.41) is 3.10. The lowest BCUT2D eigenvalue weighted by Gasteiger charge is -2.37. The maximum atomic E-state index is 12.4. The minimum Gasteiger partial charge on any atom is -0.497 e. The standard InChI is InChI=1S/C21H27N3O2/c1-16-9-13-24(14-10-16)20(17-3-5-19(26-2)6-4-17)15-23-21(25)18-7-11-22-12-8-18/h3-8,11-12,16,20H,9-10,13-15H2,1-2H3,(H,23,25). The Morgan fingerprint density at radius 2 is 1.85 bits per heavy atom. The number of benzene rings is 1. The molecule has 0 spiro atoms. The fraction of sp³-hybridized carbons (Fsp3) is 0.429. The molecular formula is C21H27N3O2. The molecule has 1 aromatic heterocycles. The van der Waals surface area contributed by atoms with E-state index in [0.717, 1.165) is 24.8 Å². The predicted molar refractivity (Wildman–Crippen MR) is 102 cm³/mol. The molecule has 2 heterocycles. The lowest BCUT2D eigenvalue weighted by Crippen LogP contribution is -2.42. The third-order valence-corrected chi connectivity index (χ3v) is 5.16. The van der Waals surface area contributed by atoms with Gasteiger partial charge in [0, 0.05) is 24.5 Å². The van der Waals surface area contributed by atoms with Gasteiger partial charge in [0.1, 0.15) is 5.75 Å². The average molecular weight is 353 g/mol. The molecule has 0 bridgehead atoms. The smallest absolute Gasteiger partial charge is 0.251 e. The molecule has 0 radical (unpaired) electrons. The van der Waals surface area contributed by atoms with Crippen LogP contribution in [0, 0.1) is 5.92 Å². The van der Waals surface area contributed by atoms with Crippen LogP contribution in [0.1, 0.15) is 41.7 Å². The largest absolute Gasteiger partial charge is 0.497 e. The van der Waals surface area contributed by atoms with Crippen LogP contribution in [0.25, 0.3) is 0 Å². The molecule has 1 amide bonds. The highest BCUT2D eigenvalue weighted by atomic mass is 16.5. The summed E-state index contributed by atoms with van der Waals surface area (Å²) >= 11 is 0. The summed E-state index contributed by atoms with van der Waals surface area (Å²) in [6.45, 7) is 5.01. The molecule has 0 saturated carbocycles. The quantitative estimate of drug-likeness (QED) is 0.866. The highest BCUT2D eigenvalue weighted by Crippen LogP contribution is 2.27. The van der Waals surface area contributed by atoms with Crippen molar-refractivity contribution in [1.82, 2.24) is 15.2 Å². The van der Waals surface area contributed by atoms with E-state index in [1.54, 1.807) is 31.6 Å². The van der Waals surface area contributed by atoms with Crippen molar-refractivity contribution < 1.29 is 9.53 Å². The molecular weight excluding hydrogens is 326 g/mol. The molecule has 1 atom stereocenters. The van der Waals surface area contributed by atoms with Gasteiger partial charge in [-0.1, -0.05) is 19.1 Å². The Balaban J connectivity index is 1.72. The van der Waals surface area contributed by atoms with Gasteiger partial charge in [0.2, 0.25) is 0 Å². The molecule has 1 aliphatic heterocycles. The fourth-order valence-electron chi connectivity index (χ4n) is 3.42. The zero-order chi connectivity index (χ0) is 18.4. The number of nitrogens with zero attached hydrogens (tertiary/aromatic N) is 2. The number of carbonyl (C=O) groups excluding carboxylic acids is 1. The zero-order valence-electron chi connectivity index (χ0n) is 15.5. The number of aromatic nitrogens is 1. The Morgan fingerprint density at radius 3 is 2.46 bits per heavy atom. The second-order valence-electron chi connectivity index (χ2n) is 6.95. The van der Waals surface area contributed by atoms with Crippen molar-refractivity contribution in [2.24, 2.45) is 5.92 Å². The van der Waals surface area contributed by atoms with Crippen LogP contribution in [0.3, 0.4) is 0 Å². The third kappa shape index (κ3) is 4.61. The fourth-order valence-corrected chi connectivity index (χ4v) is 3.42. The number of rotatable bonds is 6. The number of carbonyl (C=O) groups is 1. The van der Waals surface area contributed by atoms with Gasteiger partial charge in [0.15, 0.2) is 0 Å². The maximum Gasteiger partial charge on any atom is 0.251 e. The van der Waals surface area contributed by atoms with E-state index in [9.17, 15) is 4.79 Å². The van der Waals surface area contributed by atoms with E-state index < -0.39 is 0 Å². The number of ether oxygens (including phenoxy) is 1. The summed E-state index contributed by atoms with van der Waals surface area (Å²) in [4.78, 5) is 18.9. The Hall–Kier alpha value is -2.40. The van der Waals surface area contributed by atoms with Crippen molar-refractivity contribution in [3.8, 4) is 5.75 Å². The normalized spacial score (nSPS) is 16.8. The number of methoxy groups -OCH3 is 1. The molecule has 0 aliphatic carbocycles. The Kier molecular flexibility index (Phi) is 6.23. The van der Waals surface area contributed by atoms with Gasteiger partial charge >= 0.3 is 0 Å². The van der Waals surface area contributed by atoms with E-state index in [1.165, 1.54) is 18.4 Å². The highest BCUT2D eigenvalue weighted by molar-refractivity contribution is 5.93. The van der Waals surface area contributed by atoms with Gasteiger partial charge in [-0.2, -0.15) is 0 Å². The van der Waals surface area contributed by atoms with Crippen molar-refractivity contribution in [3.63, 3.8) is 0 Å². The van der Waals surface area contributed by atoms with Crippen LogP contribution in [0.4, 0.5) is 0 Å². The van der Waals surface area contributed by atoms with Crippen LogP contribution in [-0.4, -0.2) is 42.5 Å². The van der Waals surface area contributed by atoms with Crippen LogP contribution in [-0.2, 0) is 0 Å². The Labute approximate surface area is 155 Å². The van der Waals surface area contributed by atoms with Gasteiger partial charge < -0.3 is 10.1 Å². The molecule has 2 aromatic rings. The first-order valence-corrected chi connectivity index (χ1v) is 9.23. The maximum absolute atomic E-state index is 12.4. The minimum atomic E-state index is -0.0590. The minimum absolute atomic E-state index is 0.0590. The lowest BCUT2D eigenvalue weighted by molar-refractivity contribution is 0.0913. The molecule has 1 aliphatic rings. The number of likely N-dealkylation sites (tertiary alicyclic amines) is 1. The summed E-state index contributed by atoms with van der Waals surface area (Å²) in [6, 6.07) is 11.8. The van der Waals surface area contributed by atoms with Gasteiger partial charge in [0.25, 0.3) is 5.91 Å². The molecule has 5 nitrogen and oxygen atoms in total. The van der Waals surface area contributed by atoms with E-state index in [4.69, 9.17) is 4.74 Å². The van der Waals surface area contributed by atoms with E-state index in [-0.39, 0.29) is 11.9 Å². The molecule has 1 aromatic carbocycles. The average Bonchev–Trinajstić information content (AvgIpc) is 2.70. The van der Waals surface area contributed by atoms with Crippen LogP contribution in [0.5, 0.6) is 5.75 Å². The van der Waals surface area contributed by atoms with Gasteiger partial charge in [-0.05, 0) is 61.7 Å². The second-order valence-corrected chi connectivity index (χ2v) is 6.95. The van der Waals surface area contributed by atoms with E-state index in [2.05, 4.69) is 34.3 Å². The summed E-state index contributed by atoms with van der Waals surface area (Å²) in [5.74, 6) is 1.56. The van der Waals surface area contributed by atoms with Crippen molar-refractivity contribution in [3.05, 3.63) is 59.9 Å². The van der Waals surface area contributed by atoms with E-state index in [1.807, 2.05) is 12.1 Å². The lowest BCUT2D eigenvalue weighted by atomic mass is 9.95. The van der Waals surface area contributed by atoms with Crippen LogP contribution in [0.15, 0.2) is 48.8 Å². The summed E-state index contributed by atoms with van der Waals surface area (Å²) in [6.07, 6.45) is 5.68. The number of nitrogens with one attached hydrogen (secondary N) is 1. The zero-order valence-corrected chi connectivity index (χ0v) is 15.5. The van der Waals surface area contributed by atoms with Crippen molar-refractivity contribution in [2.45, 2.75) is 25.8 Å². The molecule has 1 unspecified atom stereocenters. The SMILES string of the molecule is COc1ccc(C(CNC(=O)c2ccncc2)N2CCC(C)CC2)cc1. The molecule has 1 saturated heterocycles. The van der Waals surface area contributed by atoms with E-state index >= 15 is 0 Å².